The van der Waals surface area contributed by atoms with Gasteiger partial charge in [-0.1, -0.05) is 41.4 Å². The van der Waals surface area contributed by atoms with E-state index in [1.54, 1.807) is 16.7 Å². The van der Waals surface area contributed by atoms with Gasteiger partial charge in [-0.15, -0.1) is 0 Å². The number of carbonyl (C=O) groups is 1. The molecule has 0 bridgehead atoms. The van der Waals surface area contributed by atoms with Gasteiger partial charge in [-0.05, 0) is 49.8 Å². The first-order valence-corrected chi connectivity index (χ1v) is 8.51. The highest BCUT2D eigenvalue weighted by Gasteiger charge is 2.13. The zero-order chi connectivity index (χ0) is 18.0. The molecule has 1 amide bonds. The fourth-order valence-corrected chi connectivity index (χ4v) is 2.92. The average Bonchev–Trinajstić information content (AvgIpc) is 2.93. The Hall–Kier alpha value is -2.44. The second-order valence-corrected chi connectivity index (χ2v) is 6.56. The van der Waals surface area contributed by atoms with Crippen LogP contribution in [0.5, 0.6) is 0 Å². The summed E-state index contributed by atoms with van der Waals surface area (Å²) in [7, 11) is 0. The SMILES string of the molecule is Cc1cccc(-c2n[nH]c(=S)n2CC(=O)Nc2cccc(Cl)c2C)c1. The van der Waals surface area contributed by atoms with Crippen molar-refractivity contribution in [3.8, 4) is 11.4 Å². The highest BCUT2D eigenvalue weighted by Crippen LogP contribution is 2.23. The Labute approximate surface area is 155 Å². The quantitative estimate of drug-likeness (QED) is 0.662. The summed E-state index contributed by atoms with van der Waals surface area (Å²) in [5.41, 5.74) is 3.52. The smallest absolute Gasteiger partial charge is 0.244 e. The van der Waals surface area contributed by atoms with Crippen molar-refractivity contribution in [3.05, 3.63) is 63.4 Å². The Balaban J connectivity index is 1.86. The molecule has 0 saturated heterocycles. The van der Waals surface area contributed by atoms with Crippen molar-refractivity contribution < 1.29 is 4.79 Å². The number of rotatable bonds is 4. The molecule has 2 aromatic carbocycles. The van der Waals surface area contributed by atoms with Gasteiger partial charge in [0.25, 0.3) is 0 Å². The molecule has 0 saturated carbocycles. The molecule has 1 heterocycles. The first-order chi connectivity index (χ1) is 12.0. The van der Waals surface area contributed by atoms with Crippen LogP contribution in [-0.4, -0.2) is 20.7 Å². The highest BCUT2D eigenvalue weighted by atomic mass is 35.5. The number of aromatic nitrogens is 3. The van der Waals surface area contributed by atoms with E-state index in [-0.39, 0.29) is 12.5 Å². The third-order valence-corrected chi connectivity index (χ3v) is 4.60. The van der Waals surface area contributed by atoms with E-state index in [0.717, 1.165) is 16.7 Å². The van der Waals surface area contributed by atoms with Gasteiger partial charge in [-0.3, -0.25) is 14.5 Å². The van der Waals surface area contributed by atoms with Crippen LogP contribution in [0.2, 0.25) is 5.02 Å². The van der Waals surface area contributed by atoms with Crippen molar-refractivity contribution in [2.75, 3.05) is 5.32 Å². The van der Waals surface area contributed by atoms with Crippen LogP contribution in [0.4, 0.5) is 5.69 Å². The number of nitrogens with one attached hydrogen (secondary N) is 2. The zero-order valence-electron chi connectivity index (χ0n) is 13.8. The minimum Gasteiger partial charge on any atom is -0.324 e. The van der Waals surface area contributed by atoms with Crippen LogP contribution >= 0.6 is 23.8 Å². The molecule has 0 spiro atoms. The second kappa shape index (κ2) is 7.21. The van der Waals surface area contributed by atoms with Gasteiger partial charge in [-0.2, -0.15) is 5.10 Å². The van der Waals surface area contributed by atoms with Crippen LogP contribution in [0.1, 0.15) is 11.1 Å². The molecule has 0 atom stereocenters. The van der Waals surface area contributed by atoms with Crippen LogP contribution in [-0.2, 0) is 11.3 Å². The lowest BCUT2D eigenvalue weighted by Crippen LogP contribution is -2.20. The number of amides is 1. The van der Waals surface area contributed by atoms with E-state index in [2.05, 4.69) is 15.5 Å². The van der Waals surface area contributed by atoms with Gasteiger partial charge >= 0.3 is 0 Å². The lowest BCUT2D eigenvalue weighted by molar-refractivity contribution is -0.116. The lowest BCUT2D eigenvalue weighted by Gasteiger charge is -2.11. The first kappa shape index (κ1) is 17.4. The maximum atomic E-state index is 12.5. The Morgan fingerprint density at radius 2 is 2.04 bits per heavy atom. The predicted octanol–water partition coefficient (Wildman–Crippen LogP) is 4.52. The number of hydrogen-bond acceptors (Lipinski definition) is 3. The molecule has 0 unspecified atom stereocenters. The maximum Gasteiger partial charge on any atom is 0.244 e. The molecule has 3 aromatic rings. The van der Waals surface area contributed by atoms with Gasteiger partial charge < -0.3 is 5.32 Å². The van der Waals surface area contributed by atoms with Crippen molar-refractivity contribution in [1.29, 1.82) is 0 Å². The predicted molar refractivity (Wildman–Crippen MR) is 102 cm³/mol. The van der Waals surface area contributed by atoms with E-state index < -0.39 is 0 Å². The molecular weight excluding hydrogens is 356 g/mol. The van der Waals surface area contributed by atoms with Gasteiger partial charge in [0.05, 0.1) is 0 Å². The summed E-state index contributed by atoms with van der Waals surface area (Å²) in [4.78, 5) is 12.5. The number of aryl methyl sites for hydroxylation is 1. The lowest BCUT2D eigenvalue weighted by atomic mass is 10.1. The van der Waals surface area contributed by atoms with Crippen LogP contribution < -0.4 is 5.32 Å². The van der Waals surface area contributed by atoms with Crippen LogP contribution in [0.15, 0.2) is 42.5 Å². The molecule has 1 aromatic heterocycles. The minimum atomic E-state index is -0.197. The third kappa shape index (κ3) is 3.81. The van der Waals surface area contributed by atoms with E-state index in [1.165, 1.54) is 0 Å². The topological polar surface area (TPSA) is 62.7 Å². The maximum absolute atomic E-state index is 12.5. The van der Waals surface area contributed by atoms with Gasteiger partial charge in [-0.25, -0.2) is 0 Å². The van der Waals surface area contributed by atoms with E-state index >= 15 is 0 Å². The van der Waals surface area contributed by atoms with E-state index in [4.69, 9.17) is 23.8 Å². The average molecular weight is 373 g/mol. The van der Waals surface area contributed by atoms with Crippen LogP contribution in [0.3, 0.4) is 0 Å². The zero-order valence-corrected chi connectivity index (χ0v) is 15.4. The number of nitrogens with zero attached hydrogens (tertiary/aromatic N) is 2. The summed E-state index contributed by atoms with van der Waals surface area (Å²) in [5, 5.41) is 10.5. The van der Waals surface area contributed by atoms with Gasteiger partial charge in [0, 0.05) is 16.3 Å². The summed E-state index contributed by atoms with van der Waals surface area (Å²) in [6.45, 7) is 3.92. The molecule has 7 heteroatoms. The molecule has 2 N–H and O–H groups in total. The minimum absolute atomic E-state index is 0.0601. The van der Waals surface area contributed by atoms with E-state index in [9.17, 15) is 4.79 Å². The second-order valence-electron chi connectivity index (χ2n) is 5.77. The molecule has 0 aliphatic heterocycles. The summed E-state index contributed by atoms with van der Waals surface area (Å²) in [5.74, 6) is 0.434. The normalized spacial score (nSPS) is 10.7. The molecule has 128 valence electrons. The Kier molecular flexibility index (Phi) is 5.01. The van der Waals surface area contributed by atoms with Crippen molar-refractivity contribution in [2.45, 2.75) is 20.4 Å². The molecule has 0 aliphatic rings. The monoisotopic (exact) mass is 372 g/mol. The van der Waals surface area contributed by atoms with Crippen molar-refractivity contribution in [3.63, 3.8) is 0 Å². The number of benzene rings is 2. The molecule has 3 rings (SSSR count). The molecule has 0 radical (unpaired) electrons. The van der Waals surface area contributed by atoms with Gasteiger partial charge in [0.2, 0.25) is 5.91 Å². The largest absolute Gasteiger partial charge is 0.324 e. The molecule has 0 fully saturated rings. The van der Waals surface area contributed by atoms with Crippen molar-refractivity contribution >= 4 is 35.4 Å². The standard InChI is InChI=1S/C18H17ClN4OS/c1-11-5-3-6-13(9-11)17-21-22-18(25)23(17)10-16(24)20-15-8-4-7-14(19)12(15)2/h3-9H,10H2,1-2H3,(H,20,24)(H,22,25). The molecule has 25 heavy (non-hydrogen) atoms. The van der Waals surface area contributed by atoms with Crippen molar-refractivity contribution in [2.24, 2.45) is 0 Å². The van der Waals surface area contributed by atoms with Crippen LogP contribution in [0, 0.1) is 18.6 Å². The number of anilines is 1. The van der Waals surface area contributed by atoms with Gasteiger partial charge in [0.1, 0.15) is 6.54 Å². The van der Waals surface area contributed by atoms with E-state index in [1.807, 2.05) is 44.2 Å². The third-order valence-electron chi connectivity index (χ3n) is 3.88. The Morgan fingerprint density at radius 1 is 1.28 bits per heavy atom. The number of H-pyrrole nitrogens is 1. The summed E-state index contributed by atoms with van der Waals surface area (Å²) in [6, 6.07) is 13.3. The number of carbonyl (C=O) groups excluding carboxylic acids is 1. The number of hydrogen-bond donors (Lipinski definition) is 2. The Bertz CT molecular complexity index is 993. The fourth-order valence-electron chi connectivity index (χ4n) is 2.55. The number of aromatic amines is 1. The molecular formula is C18H17ClN4OS. The Morgan fingerprint density at radius 3 is 2.80 bits per heavy atom. The number of halogens is 1. The van der Waals surface area contributed by atoms with Crippen LogP contribution in [0.25, 0.3) is 11.4 Å². The van der Waals surface area contributed by atoms with Gasteiger partial charge in [0.15, 0.2) is 10.6 Å². The molecule has 0 aliphatic carbocycles. The fraction of sp³-hybridized carbons (Fsp3) is 0.167. The summed E-state index contributed by atoms with van der Waals surface area (Å²) >= 11 is 11.4. The highest BCUT2D eigenvalue weighted by molar-refractivity contribution is 7.71. The molecule has 5 nitrogen and oxygen atoms in total. The van der Waals surface area contributed by atoms with Crippen molar-refractivity contribution in [1.82, 2.24) is 14.8 Å². The summed E-state index contributed by atoms with van der Waals surface area (Å²) < 4.78 is 2.08. The first-order valence-electron chi connectivity index (χ1n) is 7.73. The summed E-state index contributed by atoms with van der Waals surface area (Å²) in [6.07, 6.45) is 0. The van der Waals surface area contributed by atoms with E-state index in [0.29, 0.717) is 21.3 Å².